The first-order valence-electron chi connectivity index (χ1n) is 4.39. The largest absolute Gasteiger partial charge is 0.381 e. The summed E-state index contributed by atoms with van der Waals surface area (Å²) in [6.45, 7) is 1.86. The minimum atomic E-state index is 0.291. The number of aliphatic imine (C=N–C) groups is 1. The van der Waals surface area contributed by atoms with Gasteiger partial charge >= 0.3 is 0 Å². The monoisotopic (exact) mass is 202 g/mol. The van der Waals surface area contributed by atoms with Crippen molar-refractivity contribution in [3.63, 3.8) is 0 Å². The van der Waals surface area contributed by atoms with Gasteiger partial charge in [0.15, 0.2) is 17.3 Å². The van der Waals surface area contributed by atoms with Crippen molar-refractivity contribution >= 4 is 17.0 Å². The summed E-state index contributed by atoms with van der Waals surface area (Å²) in [6.07, 6.45) is 3.24. The van der Waals surface area contributed by atoms with Crippen molar-refractivity contribution in [2.75, 3.05) is 7.05 Å². The molecule has 76 valence electrons. The van der Waals surface area contributed by atoms with Crippen LogP contribution in [0.5, 0.6) is 0 Å². The molecule has 15 heavy (non-hydrogen) atoms. The van der Waals surface area contributed by atoms with E-state index in [2.05, 4.69) is 24.9 Å². The lowest BCUT2D eigenvalue weighted by molar-refractivity contribution is 1.09. The maximum Gasteiger partial charge on any atom is 0.196 e. The fourth-order valence-electron chi connectivity index (χ4n) is 1.14. The maximum absolute atomic E-state index is 5.59. The number of rotatable bonds is 1. The summed E-state index contributed by atoms with van der Waals surface area (Å²) < 4.78 is 0. The molecule has 0 radical (unpaired) electrons. The van der Waals surface area contributed by atoms with Gasteiger partial charge in [-0.2, -0.15) is 0 Å². The first-order chi connectivity index (χ1) is 7.20. The molecule has 0 aliphatic rings. The number of hydrogen-bond acceptors (Lipinski definition) is 5. The number of hydrogen-bond donors (Lipinski definition) is 1. The van der Waals surface area contributed by atoms with Crippen molar-refractivity contribution in [3.05, 3.63) is 23.9 Å². The summed E-state index contributed by atoms with van der Waals surface area (Å²) in [5.41, 5.74) is 7.60. The molecular formula is C9H10N6. The predicted molar refractivity (Wildman–Crippen MR) is 56.5 cm³/mol. The third-order valence-corrected chi connectivity index (χ3v) is 1.89. The second kappa shape index (κ2) is 3.56. The van der Waals surface area contributed by atoms with Crippen LogP contribution >= 0.6 is 0 Å². The van der Waals surface area contributed by atoms with Crippen LogP contribution < -0.4 is 5.73 Å². The zero-order chi connectivity index (χ0) is 10.8. The van der Waals surface area contributed by atoms with Gasteiger partial charge in [-0.15, -0.1) is 0 Å². The van der Waals surface area contributed by atoms with E-state index in [0.29, 0.717) is 22.8 Å². The van der Waals surface area contributed by atoms with Crippen LogP contribution in [0, 0.1) is 6.92 Å². The summed E-state index contributed by atoms with van der Waals surface area (Å²) in [7, 11) is 1.59. The van der Waals surface area contributed by atoms with Gasteiger partial charge in [0.25, 0.3) is 0 Å². The maximum atomic E-state index is 5.59. The Morgan fingerprint density at radius 2 is 2.07 bits per heavy atom. The molecule has 0 aromatic carbocycles. The summed E-state index contributed by atoms with van der Waals surface area (Å²) in [5, 5.41) is 0. The van der Waals surface area contributed by atoms with Gasteiger partial charge in [-0.1, -0.05) is 0 Å². The quantitative estimate of drug-likeness (QED) is 0.521. The molecular weight excluding hydrogens is 192 g/mol. The molecule has 2 aromatic rings. The van der Waals surface area contributed by atoms with Gasteiger partial charge in [-0.05, 0) is 6.92 Å². The van der Waals surface area contributed by atoms with Gasteiger partial charge in [-0.25, -0.2) is 19.9 Å². The molecule has 0 aliphatic carbocycles. The Labute approximate surface area is 86.3 Å². The molecule has 6 heteroatoms. The first-order valence-corrected chi connectivity index (χ1v) is 4.39. The van der Waals surface area contributed by atoms with Crippen LogP contribution in [0.2, 0.25) is 0 Å². The van der Waals surface area contributed by atoms with Crippen molar-refractivity contribution < 1.29 is 0 Å². The lowest BCUT2D eigenvalue weighted by atomic mass is 10.4. The van der Waals surface area contributed by atoms with E-state index in [9.17, 15) is 0 Å². The Balaban J connectivity index is 2.62. The molecule has 0 spiro atoms. The first kappa shape index (κ1) is 9.45. The van der Waals surface area contributed by atoms with Gasteiger partial charge < -0.3 is 5.73 Å². The topological polar surface area (TPSA) is 89.9 Å². The molecule has 0 amide bonds. The van der Waals surface area contributed by atoms with Crippen LogP contribution in [0.3, 0.4) is 0 Å². The number of amidine groups is 1. The number of fused-ring (bicyclic) bond motifs is 1. The molecule has 0 saturated carbocycles. The van der Waals surface area contributed by atoms with Crippen molar-refractivity contribution in [2.45, 2.75) is 6.92 Å². The van der Waals surface area contributed by atoms with E-state index in [1.54, 1.807) is 19.4 Å². The second-order valence-electron chi connectivity index (χ2n) is 3.02. The Morgan fingerprint density at radius 1 is 1.27 bits per heavy atom. The van der Waals surface area contributed by atoms with E-state index >= 15 is 0 Å². The number of nitrogens with zero attached hydrogens (tertiary/aromatic N) is 5. The molecule has 0 unspecified atom stereocenters. The normalized spacial score (nSPS) is 12.0. The van der Waals surface area contributed by atoms with Crippen LogP contribution in [0.1, 0.15) is 11.5 Å². The van der Waals surface area contributed by atoms with Gasteiger partial charge in [0.1, 0.15) is 5.52 Å². The lowest BCUT2D eigenvalue weighted by Crippen LogP contribution is -2.17. The van der Waals surface area contributed by atoms with Crippen molar-refractivity contribution in [3.8, 4) is 0 Å². The van der Waals surface area contributed by atoms with Crippen LogP contribution in [-0.2, 0) is 0 Å². The molecule has 0 bridgehead atoms. The molecule has 6 nitrogen and oxygen atoms in total. The van der Waals surface area contributed by atoms with Crippen LogP contribution in [-0.4, -0.2) is 32.8 Å². The van der Waals surface area contributed by atoms with E-state index in [0.717, 1.165) is 5.69 Å². The zero-order valence-electron chi connectivity index (χ0n) is 8.47. The Bertz CT molecular complexity index is 533. The standard InChI is InChI=1S/C9H10N6/c1-5-3-12-8-6(14-5)4-13-9(15-8)7(10)11-2/h3-4H,1-2H3,(H2,10,11). The fraction of sp³-hybridized carbons (Fsp3) is 0.222. The van der Waals surface area contributed by atoms with Crippen LogP contribution in [0.15, 0.2) is 17.4 Å². The van der Waals surface area contributed by atoms with Gasteiger partial charge in [-0.3, -0.25) is 4.99 Å². The Kier molecular flexibility index (Phi) is 2.24. The van der Waals surface area contributed by atoms with Crippen molar-refractivity contribution in [1.29, 1.82) is 0 Å². The lowest BCUT2D eigenvalue weighted by Gasteiger charge is -2.00. The zero-order valence-corrected chi connectivity index (χ0v) is 8.47. The highest BCUT2D eigenvalue weighted by Gasteiger charge is 2.04. The number of nitrogens with two attached hydrogens (primary N) is 1. The minimum absolute atomic E-state index is 0.291. The molecule has 0 fully saturated rings. The van der Waals surface area contributed by atoms with Crippen LogP contribution in [0.25, 0.3) is 11.2 Å². The van der Waals surface area contributed by atoms with Gasteiger partial charge in [0.05, 0.1) is 18.1 Å². The minimum Gasteiger partial charge on any atom is -0.381 e. The summed E-state index contributed by atoms with van der Waals surface area (Å²) >= 11 is 0. The van der Waals surface area contributed by atoms with E-state index in [1.807, 2.05) is 6.92 Å². The third kappa shape index (κ3) is 1.74. The fourth-order valence-corrected chi connectivity index (χ4v) is 1.14. The molecule has 2 rings (SSSR count). The van der Waals surface area contributed by atoms with E-state index in [-0.39, 0.29) is 0 Å². The Hall–Kier alpha value is -2.11. The summed E-state index contributed by atoms with van der Waals surface area (Å²) in [5.74, 6) is 0.669. The number of aromatic nitrogens is 4. The Morgan fingerprint density at radius 3 is 2.80 bits per heavy atom. The van der Waals surface area contributed by atoms with Crippen molar-refractivity contribution in [1.82, 2.24) is 19.9 Å². The predicted octanol–water partition coefficient (Wildman–Crippen LogP) is 0.0633. The molecule has 2 aromatic heterocycles. The second-order valence-corrected chi connectivity index (χ2v) is 3.02. The molecule has 2 heterocycles. The summed E-state index contributed by atoms with van der Waals surface area (Å²) in [6, 6.07) is 0. The molecule has 0 atom stereocenters. The SMILES string of the molecule is CN=C(N)c1ncc2nc(C)cnc2n1. The third-order valence-electron chi connectivity index (χ3n) is 1.89. The highest BCUT2D eigenvalue weighted by atomic mass is 15.0. The van der Waals surface area contributed by atoms with Gasteiger partial charge in [0, 0.05) is 7.05 Å². The smallest absolute Gasteiger partial charge is 0.196 e. The van der Waals surface area contributed by atoms with E-state index in [4.69, 9.17) is 5.73 Å². The number of aryl methyl sites for hydroxylation is 1. The average Bonchev–Trinajstić information content (AvgIpc) is 2.27. The van der Waals surface area contributed by atoms with Crippen molar-refractivity contribution in [2.24, 2.45) is 10.7 Å². The van der Waals surface area contributed by atoms with Crippen LogP contribution in [0.4, 0.5) is 0 Å². The summed E-state index contributed by atoms with van der Waals surface area (Å²) in [4.78, 5) is 20.4. The van der Waals surface area contributed by atoms with E-state index in [1.165, 1.54) is 0 Å². The van der Waals surface area contributed by atoms with E-state index < -0.39 is 0 Å². The highest BCUT2D eigenvalue weighted by Crippen LogP contribution is 2.05. The molecule has 0 aliphatic heterocycles. The van der Waals surface area contributed by atoms with Gasteiger partial charge in [0.2, 0.25) is 0 Å². The molecule has 2 N–H and O–H groups in total. The highest BCUT2D eigenvalue weighted by molar-refractivity contribution is 5.94. The average molecular weight is 202 g/mol. The molecule has 0 saturated heterocycles.